The molecule has 2 fully saturated rings. The van der Waals surface area contributed by atoms with E-state index in [1.54, 1.807) is 0 Å². The molecule has 0 saturated carbocycles. The van der Waals surface area contributed by atoms with Gasteiger partial charge in [-0.25, -0.2) is 0 Å². The molecule has 21 heavy (non-hydrogen) atoms. The average Bonchev–Trinajstić information content (AvgIpc) is 2.95. The molecule has 3 atom stereocenters. The molecule has 2 aliphatic rings. The van der Waals surface area contributed by atoms with E-state index >= 15 is 0 Å². The van der Waals surface area contributed by atoms with Gasteiger partial charge in [-0.05, 0) is 43.9 Å². The fourth-order valence-electron chi connectivity index (χ4n) is 3.53. The molecule has 1 spiro atoms. The molecule has 2 N–H and O–H groups in total. The predicted octanol–water partition coefficient (Wildman–Crippen LogP) is 3.39. The molecule has 0 aliphatic carbocycles. The fourth-order valence-corrected chi connectivity index (χ4v) is 4.91. The van der Waals surface area contributed by atoms with Crippen LogP contribution in [0.15, 0.2) is 24.3 Å². The lowest BCUT2D eigenvalue weighted by Gasteiger charge is -2.40. The lowest BCUT2D eigenvalue weighted by Crippen LogP contribution is -2.42. The Hall–Kier alpha value is -0.710. The number of benzene rings is 1. The topological polar surface area (TPSA) is 44.5 Å². The van der Waals surface area contributed by atoms with Gasteiger partial charge in [0.25, 0.3) is 0 Å². The van der Waals surface area contributed by atoms with Gasteiger partial charge in [0.15, 0.2) is 0 Å². The van der Waals surface area contributed by atoms with Gasteiger partial charge < -0.3 is 15.2 Å². The van der Waals surface area contributed by atoms with E-state index in [9.17, 15) is 0 Å². The molecule has 0 amide bonds. The summed E-state index contributed by atoms with van der Waals surface area (Å²) in [6.07, 6.45) is 3.31. The van der Waals surface area contributed by atoms with E-state index < -0.39 is 0 Å². The zero-order valence-electron chi connectivity index (χ0n) is 12.7. The first-order valence-corrected chi connectivity index (χ1v) is 9.08. The number of hydrogen-bond acceptors (Lipinski definition) is 4. The molecular formula is C17H25NO2S. The molecule has 0 aromatic heterocycles. The van der Waals surface area contributed by atoms with Crippen LogP contribution in [-0.2, 0) is 4.74 Å². The van der Waals surface area contributed by atoms with Gasteiger partial charge in [0.1, 0.15) is 5.75 Å². The van der Waals surface area contributed by atoms with Crippen molar-refractivity contribution in [3.8, 4) is 5.75 Å². The number of rotatable bonds is 4. The third kappa shape index (κ3) is 3.22. The van der Waals surface area contributed by atoms with Crippen molar-refractivity contribution in [1.82, 2.24) is 0 Å². The molecular weight excluding hydrogens is 282 g/mol. The largest absolute Gasteiger partial charge is 0.494 e. The molecule has 3 unspecified atom stereocenters. The first-order valence-electron chi connectivity index (χ1n) is 7.93. The Morgan fingerprint density at radius 3 is 3.10 bits per heavy atom. The second kappa shape index (κ2) is 6.59. The monoisotopic (exact) mass is 307 g/mol. The summed E-state index contributed by atoms with van der Waals surface area (Å²) >= 11 is 2.01. The van der Waals surface area contributed by atoms with Crippen molar-refractivity contribution >= 4 is 11.8 Å². The van der Waals surface area contributed by atoms with Crippen molar-refractivity contribution in [3.63, 3.8) is 0 Å². The van der Waals surface area contributed by atoms with Crippen molar-refractivity contribution in [3.05, 3.63) is 29.8 Å². The van der Waals surface area contributed by atoms with Gasteiger partial charge >= 0.3 is 0 Å². The van der Waals surface area contributed by atoms with Gasteiger partial charge in [-0.2, -0.15) is 11.8 Å². The molecule has 0 radical (unpaired) electrons. The molecule has 2 saturated heterocycles. The number of hydrogen-bond donors (Lipinski definition) is 1. The van der Waals surface area contributed by atoms with Crippen molar-refractivity contribution < 1.29 is 9.47 Å². The van der Waals surface area contributed by atoms with Crippen molar-refractivity contribution in [2.75, 3.05) is 24.7 Å². The molecule has 116 valence electrons. The van der Waals surface area contributed by atoms with E-state index in [1.165, 1.54) is 12.2 Å². The first kappa shape index (κ1) is 15.2. The van der Waals surface area contributed by atoms with Gasteiger partial charge in [0.05, 0.1) is 12.2 Å². The summed E-state index contributed by atoms with van der Waals surface area (Å²) in [6, 6.07) is 8.25. The minimum atomic E-state index is 0.0409. The fraction of sp³-hybridized carbons (Fsp3) is 0.647. The van der Waals surface area contributed by atoms with Crippen LogP contribution < -0.4 is 10.5 Å². The van der Waals surface area contributed by atoms with Crippen LogP contribution >= 0.6 is 11.8 Å². The first-order chi connectivity index (χ1) is 10.2. The van der Waals surface area contributed by atoms with Gasteiger partial charge in [0, 0.05) is 24.0 Å². The van der Waals surface area contributed by atoms with Crippen LogP contribution in [0.3, 0.4) is 0 Å². The molecule has 1 aromatic carbocycles. The number of ether oxygens (including phenoxy) is 2. The van der Waals surface area contributed by atoms with Gasteiger partial charge in [0.2, 0.25) is 0 Å². The lowest BCUT2D eigenvalue weighted by molar-refractivity contribution is -0.0835. The standard InChI is InChI=1S/C17H25NO2S/c1-2-19-15-6-4-3-5-14(15)16(18)13-7-9-20-17(11-13)8-10-21-12-17/h3-6,13,16H,2,7-12,18H2,1H3. The van der Waals surface area contributed by atoms with Crippen LogP contribution in [0.2, 0.25) is 0 Å². The summed E-state index contributed by atoms with van der Waals surface area (Å²) < 4.78 is 11.9. The Bertz CT molecular complexity index is 474. The van der Waals surface area contributed by atoms with E-state index in [-0.39, 0.29) is 11.6 Å². The average molecular weight is 307 g/mol. The molecule has 2 heterocycles. The SMILES string of the molecule is CCOc1ccccc1C(N)C1CCOC2(CCSC2)C1. The Balaban J connectivity index is 1.76. The maximum Gasteiger partial charge on any atom is 0.124 e. The maximum absolute atomic E-state index is 6.61. The van der Waals surface area contributed by atoms with Gasteiger partial charge in [-0.15, -0.1) is 0 Å². The van der Waals surface area contributed by atoms with Crippen LogP contribution in [0.5, 0.6) is 5.75 Å². The van der Waals surface area contributed by atoms with E-state index in [0.717, 1.165) is 36.5 Å². The lowest BCUT2D eigenvalue weighted by atomic mass is 9.79. The highest BCUT2D eigenvalue weighted by Crippen LogP contribution is 2.44. The Morgan fingerprint density at radius 1 is 1.48 bits per heavy atom. The minimum absolute atomic E-state index is 0.0409. The molecule has 4 heteroatoms. The molecule has 3 rings (SSSR count). The Kier molecular flexibility index (Phi) is 4.77. The maximum atomic E-state index is 6.61. The summed E-state index contributed by atoms with van der Waals surface area (Å²) in [7, 11) is 0. The zero-order valence-corrected chi connectivity index (χ0v) is 13.5. The Morgan fingerprint density at radius 2 is 2.33 bits per heavy atom. The van der Waals surface area contributed by atoms with E-state index in [1.807, 2.05) is 30.8 Å². The zero-order chi connectivity index (χ0) is 14.7. The summed E-state index contributed by atoms with van der Waals surface area (Å²) in [5.41, 5.74) is 7.84. The van der Waals surface area contributed by atoms with Crippen LogP contribution in [0, 0.1) is 5.92 Å². The van der Waals surface area contributed by atoms with Gasteiger partial charge in [-0.3, -0.25) is 0 Å². The highest BCUT2D eigenvalue weighted by atomic mass is 32.2. The van der Waals surface area contributed by atoms with E-state index in [0.29, 0.717) is 12.5 Å². The van der Waals surface area contributed by atoms with Crippen molar-refractivity contribution in [2.24, 2.45) is 11.7 Å². The Labute approximate surface area is 131 Å². The third-order valence-corrected chi connectivity index (χ3v) is 5.91. The van der Waals surface area contributed by atoms with Crippen molar-refractivity contribution in [2.45, 2.75) is 37.8 Å². The number of thioether (sulfide) groups is 1. The summed E-state index contributed by atoms with van der Waals surface area (Å²) in [5.74, 6) is 3.77. The van der Waals surface area contributed by atoms with Crippen LogP contribution in [-0.4, -0.2) is 30.3 Å². The second-order valence-electron chi connectivity index (χ2n) is 6.08. The minimum Gasteiger partial charge on any atom is -0.494 e. The number of para-hydroxylation sites is 1. The molecule has 2 aliphatic heterocycles. The van der Waals surface area contributed by atoms with Crippen LogP contribution in [0.1, 0.15) is 37.8 Å². The normalized spacial score (nSPS) is 30.5. The van der Waals surface area contributed by atoms with Crippen LogP contribution in [0.25, 0.3) is 0 Å². The molecule has 0 bridgehead atoms. The summed E-state index contributed by atoms with van der Waals surface area (Å²) in [4.78, 5) is 0. The smallest absolute Gasteiger partial charge is 0.124 e. The summed E-state index contributed by atoms with van der Waals surface area (Å²) in [5, 5.41) is 0. The predicted molar refractivity (Wildman–Crippen MR) is 87.9 cm³/mol. The van der Waals surface area contributed by atoms with Crippen molar-refractivity contribution in [1.29, 1.82) is 0 Å². The highest BCUT2D eigenvalue weighted by Gasteiger charge is 2.42. The quantitative estimate of drug-likeness (QED) is 0.926. The second-order valence-corrected chi connectivity index (χ2v) is 7.19. The van der Waals surface area contributed by atoms with Gasteiger partial charge in [-0.1, -0.05) is 18.2 Å². The molecule has 1 aromatic rings. The third-order valence-electron chi connectivity index (χ3n) is 4.68. The molecule has 3 nitrogen and oxygen atoms in total. The summed E-state index contributed by atoms with van der Waals surface area (Å²) in [6.45, 7) is 3.54. The van der Waals surface area contributed by atoms with Crippen LogP contribution in [0.4, 0.5) is 0 Å². The highest BCUT2D eigenvalue weighted by molar-refractivity contribution is 7.99. The number of nitrogens with two attached hydrogens (primary N) is 1. The van der Waals surface area contributed by atoms with E-state index in [4.69, 9.17) is 15.2 Å². The van der Waals surface area contributed by atoms with E-state index in [2.05, 4.69) is 12.1 Å².